The smallest absolute Gasteiger partial charge is 0.221 e. The number of ether oxygens (including phenoxy) is 1. The van der Waals surface area contributed by atoms with Crippen molar-refractivity contribution in [2.24, 2.45) is 5.92 Å². The number of rotatable bonds is 7. The fraction of sp³-hybridized carbons (Fsp3) is 0.474. The van der Waals surface area contributed by atoms with Crippen LogP contribution in [0.25, 0.3) is 11.4 Å². The van der Waals surface area contributed by atoms with Gasteiger partial charge in [-0.3, -0.25) is 4.79 Å². The third-order valence-corrected chi connectivity index (χ3v) is 4.62. The van der Waals surface area contributed by atoms with Crippen LogP contribution in [0.1, 0.15) is 13.3 Å². The van der Waals surface area contributed by atoms with Gasteiger partial charge in [0.1, 0.15) is 5.82 Å². The van der Waals surface area contributed by atoms with E-state index in [1.807, 2.05) is 30.5 Å². The summed E-state index contributed by atoms with van der Waals surface area (Å²) in [6, 6.07) is 7.84. The van der Waals surface area contributed by atoms with Gasteiger partial charge in [-0.15, -0.1) is 0 Å². The lowest BCUT2D eigenvalue weighted by molar-refractivity contribution is -0.114. The van der Waals surface area contributed by atoms with Crippen molar-refractivity contribution < 1.29 is 9.53 Å². The van der Waals surface area contributed by atoms with Gasteiger partial charge >= 0.3 is 0 Å². The Morgan fingerprint density at radius 2 is 2.16 bits per heavy atom. The summed E-state index contributed by atoms with van der Waals surface area (Å²) in [5.74, 6) is 1.56. The molecule has 1 fully saturated rings. The van der Waals surface area contributed by atoms with E-state index in [9.17, 15) is 4.79 Å². The maximum atomic E-state index is 11.1. The molecule has 3 rings (SSSR count). The number of carbonyl (C=O) groups excluding carboxylic acids is 1. The number of hydrogen-bond acceptors (Lipinski definition) is 4. The summed E-state index contributed by atoms with van der Waals surface area (Å²) in [5.41, 5.74) is 1.87. The molecule has 1 atom stereocenters. The van der Waals surface area contributed by atoms with Crippen molar-refractivity contribution in [3.8, 4) is 11.4 Å². The summed E-state index contributed by atoms with van der Waals surface area (Å²) in [6.45, 7) is 6.55. The molecule has 1 unspecified atom stereocenters. The van der Waals surface area contributed by atoms with E-state index in [4.69, 9.17) is 4.74 Å². The zero-order valence-corrected chi connectivity index (χ0v) is 14.9. The Kier molecular flexibility index (Phi) is 5.83. The van der Waals surface area contributed by atoms with E-state index in [-0.39, 0.29) is 5.91 Å². The van der Waals surface area contributed by atoms with E-state index in [0.717, 1.165) is 49.9 Å². The molecule has 2 aromatic rings. The highest BCUT2D eigenvalue weighted by Gasteiger charge is 2.23. The zero-order valence-electron chi connectivity index (χ0n) is 14.9. The van der Waals surface area contributed by atoms with Crippen LogP contribution in [0.2, 0.25) is 0 Å². The quantitative estimate of drug-likeness (QED) is 0.840. The summed E-state index contributed by atoms with van der Waals surface area (Å²) in [6.07, 6.45) is 5.12. The number of amides is 1. The molecule has 6 nitrogen and oxygen atoms in total. The second-order valence-corrected chi connectivity index (χ2v) is 6.61. The van der Waals surface area contributed by atoms with Crippen molar-refractivity contribution in [1.82, 2.24) is 14.5 Å². The first-order valence-electron chi connectivity index (χ1n) is 8.76. The van der Waals surface area contributed by atoms with Crippen LogP contribution < -0.4 is 5.32 Å². The minimum absolute atomic E-state index is 0.0616. The standard InChI is InChI=1S/C19H26N4O2/c1-15(24)21-18-5-3-17(4-6-18)19-20-8-10-23(19)14-16-7-9-22(13-16)11-12-25-2/h3-6,8,10,16H,7,9,11-14H2,1-2H3,(H,21,24). The van der Waals surface area contributed by atoms with Gasteiger partial charge in [0, 0.05) is 57.3 Å². The van der Waals surface area contributed by atoms with Gasteiger partial charge in [0.15, 0.2) is 0 Å². The third-order valence-electron chi connectivity index (χ3n) is 4.62. The first-order chi connectivity index (χ1) is 12.2. The SMILES string of the molecule is COCCN1CCC(Cn2ccnc2-c2ccc(NC(C)=O)cc2)C1. The summed E-state index contributed by atoms with van der Waals surface area (Å²) in [7, 11) is 1.75. The van der Waals surface area contributed by atoms with Crippen LogP contribution in [-0.2, 0) is 16.1 Å². The van der Waals surface area contributed by atoms with Gasteiger partial charge in [-0.1, -0.05) is 0 Å². The lowest BCUT2D eigenvalue weighted by Gasteiger charge is -2.16. The molecule has 1 amide bonds. The molecule has 0 bridgehead atoms. The van der Waals surface area contributed by atoms with Crippen molar-refractivity contribution in [1.29, 1.82) is 0 Å². The van der Waals surface area contributed by atoms with Crippen molar-refractivity contribution in [2.45, 2.75) is 19.9 Å². The molecular weight excluding hydrogens is 316 g/mol. The molecule has 1 aliphatic heterocycles. The Morgan fingerprint density at radius 1 is 1.36 bits per heavy atom. The lowest BCUT2D eigenvalue weighted by atomic mass is 10.1. The van der Waals surface area contributed by atoms with E-state index in [1.54, 1.807) is 7.11 Å². The third kappa shape index (κ3) is 4.67. The normalized spacial score (nSPS) is 17.8. The van der Waals surface area contributed by atoms with Crippen molar-refractivity contribution >= 4 is 11.6 Å². The van der Waals surface area contributed by atoms with Crippen molar-refractivity contribution in [3.05, 3.63) is 36.7 Å². The second-order valence-electron chi connectivity index (χ2n) is 6.61. The molecule has 1 aliphatic rings. The van der Waals surface area contributed by atoms with Crippen LogP contribution in [0.5, 0.6) is 0 Å². The molecule has 1 saturated heterocycles. The number of imidazole rings is 1. The molecular formula is C19H26N4O2. The number of hydrogen-bond donors (Lipinski definition) is 1. The minimum Gasteiger partial charge on any atom is -0.383 e. The van der Waals surface area contributed by atoms with Crippen LogP contribution in [0.15, 0.2) is 36.7 Å². The van der Waals surface area contributed by atoms with Crippen LogP contribution in [0.3, 0.4) is 0 Å². The van der Waals surface area contributed by atoms with Gasteiger partial charge in [0.2, 0.25) is 5.91 Å². The first-order valence-corrected chi connectivity index (χ1v) is 8.76. The number of carbonyl (C=O) groups is 1. The summed E-state index contributed by atoms with van der Waals surface area (Å²) in [4.78, 5) is 18.1. The summed E-state index contributed by atoms with van der Waals surface area (Å²) < 4.78 is 7.41. The number of methoxy groups -OCH3 is 1. The van der Waals surface area contributed by atoms with E-state index >= 15 is 0 Å². The van der Waals surface area contributed by atoms with Crippen molar-refractivity contribution in [3.63, 3.8) is 0 Å². The van der Waals surface area contributed by atoms with Gasteiger partial charge in [-0.25, -0.2) is 4.98 Å². The maximum Gasteiger partial charge on any atom is 0.221 e. The Morgan fingerprint density at radius 3 is 2.88 bits per heavy atom. The van der Waals surface area contributed by atoms with Crippen LogP contribution >= 0.6 is 0 Å². The Balaban J connectivity index is 1.64. The Hall–Kier alpha value is -2.18. The molecule has 0 saturated carbocycles. The van der Waals surface area contributed by atoms with E-state index in [1.165, 1.54) is 13.3 Å². The fourth-order valence-corrected chi connectivity index (χ4v) is 3.39. The molecule has 1 N–H and O–H groups in total. The lowest BCUT2D eigenvalue weighted by Crippen LogP contribution is -2.25. The topological polar surface area (TPSA) is 59.4 Å². The highest BCUT2D eigenvalue weighted by Crippen LogP contribution is 2.24. The highest BCUT2D eigenvalue weighted by atomic mass is 16.5. The molecule has 2 heterocycles. The number of aromatic nitrogens is 2. The molecule has 6 heteroatoms. The van der Waals surface area contributed by atoms with Gasteiger partial charge in [0.25, 0.3) is 0 Å². The van der Waals surface area contributed by atoms with Gasteiger partial charge in [-0.05, 0) is 43.1 Å². The molecule has 134 valence electrons. The van der Waals surface area contributed by atoms with E-state index in [0.29, 0.717) is 5.92 Å². The Labute approximate surface area is 148 Å². The van der Waals surface area contributed by atoms with Gasteiger partial charge < -0.3 is 19.5 Å². The average Bonchev–Trinajstić information content (AvgIpc) is 3.23. The monoisotopic (exact) mass is 342 g/mol. The molecule has 25 heavy (non-hydrogen) atoms. The number of nitrogens with one attached hydrogen (secondary N) is 1. The number of likely N-dealkylation sites (tertiary alicyclic amines) is 1. The predicted octanol–water partition coefficient (Wildman–Crippen LogP) is 2.48. The van der Waals surface area contributed by atoms with Crippen molar-refractivity contribution in [2.75, 3.05) is 38.7 Å². The molecule has 1 aromatic heterocycles. The van der Waals surface area contributed by atoms with Crippen LogP contribution in [0.4, 0.5) is 5.69 Å². The average molecular weight is 342 g/mol. The molecule has 0 radical (unpaired) electrons. The van der Waals surface area contributed by atoms with E-state index in [2.05, 4.69) is 26.0 Å². The van der Waals surface area contributed by atoms with Crippen LogP contribution in [0, 0.1) is 5.92 Å². The molecule has 0 aliphatic carbocycles. The predicted molar refractivity (Wildman–Crippen MR) is 98.4 cm³/mol. The number of benzene rings is 1. The largest absolute Gasteiger partial charge is 0.383 e. The van der Waals surface area contributed by atoms with Crippen LogP contribution in [-0.4, -0.2) is 53.7 Å². The van der Waals surface area contributed by atoms with Gasteiger partial charge in [0.05, 0.1) is 6.61 Å². The minimum atomic E-state index is -0.0616. The summed E-state index contributed by atoms with van der Waals surface area (Å²) >= 11 is 0. The van der Waals surface area contributed by atoms with E-state index < -0.39 is 0 Å². The molecule has 1 aromatic carbocycles. The first kappa shape index (κ1) is 17.6. The van der Waals surface area contributed by atoms with Gasteiger partial charge in [-0.2, -0.15) is 0 Å². The Bertz CT molecular complexity index is 696. The number of nitrogens with zero attached hydrogens (tertiary/aromatic N) is 3. The maximum absolute atomic E-state index is 11.1. The highest BCUT2D eigenvalue weighted by molar-refractivity contribution is 5.88. The molecule has 0 spiro atoms. The summed E-state index contributed by atoms with van der Waals surface area (Å²) in [5, 5.41) is 2.79. The fourth-order valence-electron chi connectivity index (χ4n) is 3.39. The zero-order chi connectivity index (χ0) is 17.6. The second kappa shape index (κ2) is 8.27. The number of anilines is 1.